The number of sulfonamides is 1. The van der Waals surface area contributed by atoms with Crippen molar-refractivity contribution in [2.75, 3.05) is 25.4 Å². The lowest BCUT2D eigenvalue weighted by Crippen LogP contribution is -2.35. The fraction of sp³-hybridized carbons (Fsp3) is 0.667. The summed E-state index contributed by atoms with van der Waals surface area (Å²) in [5, 5.41) is 0.855. The van der Waals surface area contributed by atoms with E-state index in [1.165, 1.54) is 6.20 Å². The third-order valence-corrected chi connectivity index (χ3v) is 7.06. The second kappa shape index (κ2) is 7.29. The van der Waals surface area contributed by atoms with Crippen LogP contribution in [0.3, 0.4) is 0 Å². The summed E-state index contributed by atoms with van der Waals surface area (Å²) in [4.78, 5) is 4.60. The molecule has 5 nitrogen and oxygen atoms in total. The topological polar surface area (TPSA) is 59.5 Å². The molecule has 22 heavy (non-hydrogen) atoms. The molecule has 0 aromatic carbocycles. The van der Waals surface area contributed by atoms with Gasteiger partial charge < -0.3 is 4.74 Å². The highest BCUT2D eigenvalue weighted by molar-refractivity contribution is 7.99. The van der Waals surface area contributed by atoms with Crippen molar-refractivity contribution in [1.29, 1.82) is 0 Å². The zero-order valence-corrected chi connectivity index (χ0v) is 14.2. The number of aromatic nitrogens is 1. The molecule has 2 aliphatic heterocycles. The van der Waals surface area contributed by atoms with E-state index in [4.69, 9.17) is 4.74 Å². The molecule has 0 aliphatic carbocycles. The highest BCUT2D eigenvalue weighted by Crippen LogP contribution is 2.24. The van der Waals surface area contributed by atoms with E-state index in [9.17, 15) is 8.42 Å². The Bertz CT molecular complexity index is 577. The van der Waals surface area contributed by atoms with Gasteiger partial charge in [0, 0.05) is 31.6 Å². The third-order valence-electron chi connectivity index (χ3n) is 4.10. The fourth-order valence-corrected chi connectivity index (χ4v) is 5.19. The van der Waals surface area contributed by atoms with Crippen molar-refractivity contribution in [3.63, 3.8) is 0 Å². The lowest BCUT2D eigenvalue weighted by atomic mass is 10.2. The maximum Gasteiger partial charge on any atom is 0.244 e. The quantitative estimate of drug-likeness (QED) is 0.770. The molecule has 3 rings (SSSR count). The molecule has 0 bridgehead atoms. The summed E-state index contributed by atoms with van der Waals surface area (Å²) in [5.41, 5.74) is 0. The zero-order chi connectivity index (χ0) is 15.4. The number of hydrogen-bond acceptors (Lipinski definition) is 5. The van der Waals surface area contributed by atoms with Gasteiger partial charge in [-0.1, -0.05) is 6.42 Å². The van der Waals surface area contributed by atoms with Gasteiger partial charge in [-0.25, -0.2) is 13.4 Å². The SMILES string of the molecule is O=S(=O)(c1ccc(SC[C@H]2CCCO2)nc1)N1CCCCC1. The van der Waals surface area contributed by atoms with Crippen LogP contribution in [0.4, 0.5) is 0 Å². The minimum Gasteiger partial charge on any atom is -0.377 e. The third kappa shape index (κ3) is 3.82. The number of nitrogens with zero attached hydrogens (tertiary/aromatic N) is 2. The van der Waals surface area contributed by atoms with Crippen LogP contribution >= 0.6 is 11.8 Å². The van der Waals surface area contributed by atoms with E-state index in [0.717, 1.165) is 49.5 Å². The standard InChI is InChI=1S/C15H22N2O3S2/c18-22(19,17-8-2-1-3-9-17)14-6-7-15(16-11-14)21-12-13-5-4-10-20-13/h6-7,11,13H,1-5,8-10,12H2/t13-/m1/s1. The maximum atomic E-state index is 12.5. The number of hydrogen-bond donors (Lipinski definition) is 0. The summed E-state index contributed by atoms with van der Waals surface area (Å²) in [6.07, 6.45) is 7.04. The Morgan fingerprint density at radius 2 is 2.05 bits per heavy atom. The fourth-order valence-electron chi connectivity index (χ4n) is 2.81. The smallest absolute Gasteiger partial charge is 0.244 e. The van der Waals surface area contributed by atoms with Gasteiger partial charge in [-0.15, -0.1) is 11.8 Å². The number of rotatable bonds is 5. The van der Waals surface area contributed by atoms with E-state index < -0.39 is 10.0 Å². The summed E-state index contributed by atoms with van der Waals surface area (Å²) in [6.45, 7) is 2.10. The lowest BCUT2D eigenvalue weighted by Gasteiger charge is -2.25. The Morgan fingerprint density at radius 1 is 1.23 bits per heavy atom. The van der Waals surface area contributed by atoms with E-state index >= 15 is 0 Å². The van der Waals surface area contributed by atoms with Crippen LogP contribution < -0.4 is 0 Å². The van der Waals surface area contributed by atoms with Gasteiger partial charge in [0.05, 0.1) is 11.1 Å². The Kier molecular flexibility index (Phi) is 5.38. The first-order valence-corrected chi connectivity index (χ1v) is 10.3. The normalized spacial score (nSPS) is 23.7. The molecule has 0 spiro atoms. The predicted octanol–water partition coefficient (Wildman–Crippen LogP) is 2.53. The zero-order valence-electron chi connectivity index (χ0n) is 12.6. The van der Waals surface area contributed by atoms with E-state index in [1.807, 2.05) is 0 Å². The average Bonchev–Trinajstić information content (AvgIpc) is 3.08. The molecule has 1 aromatic heterocycles. The van der Waals surface area contributed by atoms with Gasteiger partial charge in [0.1, 0.15) is 4.90 Å². The van der Waals surface area contributed by atoms with Crippen molar-refractivity contribution in [3.8, 4) is 0 Å². The molecule has 0 N–H and O–H groups in total. The summed E-state index contributed by atoms with van der Waals surface area (Å²) < 4.78 is 32.2. The van der Waals surface area contributed by atoms with Crippen LogP contribution in [0.25, 0.3) is 0 Å². The van der Waals surface area contributed by atoms with E-state index in [1.54, 1.807) is 28.2 Å². The second-order valence-electron chi connectivity index (χ2n) is 5.74. The van der Waals surface area contributed by atoms with Crippen molar-refractivity contribution in [2.45, 2.75) is 48.1 Å². The molecule has 0 amide bonds. The predicted molar refractivity (Wildman–Crippen MR) is 86.5 cm³/mol. The van der Waals surface area contributed by atoms with Gasteiger partial charge in [0.2, 0.25) is 10.0 Å². The molecule has 2 aliphatic rings. The summed E-state index contributed by atoms with van der Waals surface area (Å²) in [6, 6.07) is 3.48. The van der Waals surface area contributed by atoms with Crippen LogP contribution in [-0.4, -0.2) is 49.3 Å². The Balaban J connectivity index is 1.62. The molecule has 7 heteroatoms. The molecule has 2 fully saturated rings. The second-order valence-corrected chi connectivity index (χ2v) is 8.72. The van der Waals surface area contributed by atoms with E-state index in [-0.39, 0.29) is 0 Å². The van der Waals surface area contributed by atoms with Gasteiger partial charge in [-0.05, 0) is 37.8 Å². The minimum absolute atomic E-state index is 0.302. The molecule has 2 saturated heterocycles. The van der Waals surface area contributed by atoms with Gasteiger partial charge in [-0.3, -0.25) is 0 Å². The Morgan fingerprint density at radius 3 is 2.68 bits per heavy atom. The van der Waals surface area contributed by atoms with Crippen LogP contribution in [0.2, 0.25) is 0 Å². The lowest BCUT2D eigenvalue weighted by molar-refractivity contribution is 0.129. The largest absolute Gasteiger partial charge is 0.377 e. The van der Waals surface area contributed by atoms with Gasteiger partial charge in [0.15, 0.2) is 0 Å². The van der Waals surface area contributed by atoms with Crippen molar-refractivity contribution in [1.82, 2.24) is 9.29 Å². The van der Waals surface area contributed by atoms with Crippen LogP contribution in [-0.2, 0) is 14.8 Å². The molecule has 1 aromatic rings. The highest BCUT2D eigenvalue weighted by Gasteiger charge is 2.26. The average molecular weight is 342 g/mol. The first-order chi connectivity index (χ1) is 10.7. The van der Waals surface area contributed by atoms with Crippen LogP contribution in [0.15, 0.2) is 28.3 Å². The molecule has 0 radical (unpaired) electrons. The van der Waals surface area contributed by atoms with Crippen molar-refractivity contribution >= 4 is 21.8 Å². The van der Waals surface area contributed by atoms with E-state index in [2.05, 4.69) is 4.98 Å². The molecule has 0 saturated carbocycles. The van der Waals surface area contributed by atoms with Crippen molar-refractivity contribution < 1.29 is 13.2 Å². The Hall–Kier alpha value is -0.630. The van der Waals surface area contributed by atoms with Gasteiger partial charge >= 0.3 is 0 Å². The number of piperidine rings is 1. The van der Waals surface area contributed by atoms with Crippen LogP contribution in [0, 0.1) is 0 Å². The first-order valence-electron chi connectivity index (χ1n) is 7.87. The van der Waals surface area contributed by atoms with Gasteiger partial charge in [-0.2, -0.15) is 4.31 Å². The van der Waals surface area contributed by atoms with Crippen molar-refractivity contribution in [2.24, 2.45) is 0 Å². The monoisotopic (exact) mass is 342 g/mol. The van der Waals surface area contributed by atoms with E-state index in [0.29, 0.717) is 24.1 Å². The number of pyridine rings is 1. The first kappa shape index (κ1) is 16.2. The summed E-state index contributed by atoms with van der Waals surface area (Å²) >= 11 is 1.63. The molecule has 1 atom stereocenters. The minimum atomic E-state index is -3.37. The highest BCUT2D eigenvalue weighted by atomic mass is 32.2. The summed E-state index contributed by atoms with van der Waals surface area (Å²) in [7, 11) is -3.37. The maximum absolute atomic E-state index is 12.5. The molecule has 122 valence electrons. The van der Waals surface area contributed by atoms with Gasteiger partial charge in [0.25, 0.3) is 0 Å². The summed E-state index contributed by atoms with van der Waals surface area (Å²) in [5.74, 6) is 0.880. The number of thioether (sulfide) groups is 1. The molecular weight excluding hydrogens is 320 g/mol. The van der Waals surface area contributed by atoms with Crippen LogP contribution in [0.5, 0.6) is 0 Å². The molecular formula is C15H22N2O3S2. The van der Waals surface area contributed by atoms with Crippen molar-refractivity contribution in [3.05, 3.63) is 18.3 Å². The molecule has 0 unspecified atom stereocenters. The molecule has 3 heterocycles. The Labute approximate surface area is 136 Å². The number of ether oxygens (including phenoxy) is 1. The van der Waals surface area contributed by atoms with Crippen LogP contribution in [0.1, 0.15) is 32.1 Å².